The SMILES string of the molecule is CC[C@@]1(O)C(=O)OCc2c1cc1n(c2=S)Cc2cc3ccc([N+](=O)[O-])cc3nc2-1. The van der Waals surface area contributed by atoms with Gasteiger partial charge in [0.25, 0.3) is 5.69 Å². The van der Waals surface area contributed by atoms with Crippen molar-refractivity contribution in [3.63, 3.8) is 0 Å². The number of hydrogen-bond donors (Lipinski definition) is 1. The normalized spacial score (nSPS) is 19.4. The summed E-state index contributed by atoms with van der Waals surface area (Å²) >= 11 is 5.65. The van der Waals surface area contributed by atoms with E-state index >= 15 is 0 Å². The van der Waals surface area contributed by atoms with Crippen LogP contribution in [0.4, 0.5) is 5.69 Å². The number of rotatable bonds is 2. The van der Waals surface area contributed by atoms with Crippen molar-refractivity contribution in [3.05, 3.63) is 61.8 Å². The van der Waals surface area contributed by atoms with Crippen LogP contribution >= 0.6 is 12.2 Å². The number of carbonyl (C=O) groups is 1. The third-order valence-electron chi connectivity index (χ3n) is 5.70. The standard InChI is InChI=1S/C20H15N3O5S/c1-2-20(25)14-7-16-17-11(8-22(16)18(29)13(14)9-28-19(20)24)5-10-3-4-12(23(26)27)6-15(10)21-17/h3-7,25H,2,8-9H2,1H3/t20-/m0/s1. The average Bonchev–Trinajstić information content (AvgIpc) is 3.07. The van der Waals surface area contributed by atoms with Crippen LogP contribution in [0.1, 0.15) is 30.0 Å². The van der Waals surface area contributed by atoms with Crippen LogP contribution in [0.15, 0.2) is 30.3 Å². The number of carbonyl (C=O) groups excluding carboxylic acids is 1. The van der Waals surface area contributed by atoms with Crippen LogP contribution in [0, 0.1) is 14.8 Å². The number of cyclic esters (lactones) is 1. The molecule has 2 aliphatic heterocycles. The van der Waals surface area contributed by atoms with E-state index in [2.05, 4.69) is 4.98 Å². The van der Waals surface area contributed by atoms with Crippen LogP contribution in [-0.4, -0.2) is 25.6 Å². The molecule has 2 aliphatic rings. The van der Waals surface area contributed by atoms with Crippen molar-refractivity contribution in [2.45, 2.75) is 32.1 Å². The molecule has 29 heavy (non-hydrogen) atoms. The third-order valence-corrected chi connectivity index (χ3v) is 6.17. The molecule has 8 nitrogen and oxygen atoms in total. The summed E-state index contributed by atoms with van der Waals surface area (Å²) in [6, 6.07) is 8.25. The van der Waals surface area contributed by atoms with Crippen LogP contribution < -0.4 is 0 Å². The number of aliphatic hydroxyl groups is 1. The number of fused-ring (bicyclic) bond motifs is 5. The highest BCUT2D eigenvalue weighted by atomic mass is 32.1. The fourth-order valence-corrected chi connectivity index (χ4v) is 4.41. The summed E-state index contributed by atoms with van der Waals surface area (Å²) in [7, 11) is 0. The van der Waals surface area contributed by atoms with Gasteiger partial charge in [-0.3, -0.25) is 10.1 Å². The maximum Gasteiger partial charge on any atom is 0.343 e. The van der Waals surface area contributed by atoms with Gasteiger partial charge in [0.1, 0.15) is 11.2 Å². The number of benzene rings is 1. The molecule has 0 spiro atoms. The smallest absolute Gasteiger partial charge is 0.343 e. The molecule has 0 radical (unpaired) electrons. The Balaban J connectivity index is 1.77. The fraction of sp³-hybridized carbons (Fsp3) is 0.250. The molecule has 9 heteroatoms. The van der Waals surface area contributed by atoms with Gasteiger partial charge in [0.15, 0.2) is 5.60 Å². The van der Waals surface area contributed by atoms with Gasteiger partial charge in [-0.2, -0.15) is 0 Å². The van der Waals surface area contributed by atoms with Gasteiger partial charge in [-0.25, -0.2) is 9.78 Å². The van der Waals surface area contributed by atoms with Gasteiger partial charge >= 0.3 is 5.97 Å². The van der Waals surface area contributed by atoms with Gasteiger partial charge in [-0.15, -0.1) is 0 Å². The topological polar surface area (TPSA) is 107 Å². The van der Waals surface area contributed by atoms with Crippen LogP contribution in [0.5, 0.6) is 0 Å². The molecule has 1 N–H and O–H groups in total. The monoisotopic (exact) mass is 409 g/mol. The van der Waals surface area contributed by atoms with E-state index in [1.165, 1.54) is 12.1 Å². The van der Waals surface area contributed by atoms with Crippen molar-refractivity contribution in [3.8, 4) is 11.4 Å². The zero-order chi connectivity index (χ0) is 20.5. The second kappa shape index (κ2) is 5.91. The number of hydrogen-bond acceptors (Lipinski definition) is 7. The summed E-state index contributed by atoms with van der Waals surface area (Å²) < 4.78 is 7.57. The van der Waals surface area contributed by atoms with Crippen molar-refractivity contribution >= 4 is 34.8 Å². The number of esters is 1. The summed E-state index contributed by atoms with van der Waals surface area (Å²) in [5, 5.41) is 22.8. The van der Waals surface area contributed by atoms with E-state index in [0.29, 0.717) is 39.2 Å². The second-order valence-corrected chi connectivity index (χ2v) is 7.62. The van der Waals surface area contributed by atoms with Gasteiger partial charge in [0, 0.05) is 34.2 Å². The number of nitro groups is 1. The van der Waals surface area contributed by atoms with Crippen LogP contribution in [0.25, 0.3) is 22.3 Å². The summed E-state index contributed by atoms with van der Waals surface area (Å²) in [4.78, 5) is 27.6. The lowest BCUT2D eigenvalue weighted by Gasteiger charge is -2.32. The second-order valence-electron chi connectivity index (χ2n) is 7.23. The minimum Gasteiger partial charge on any atom is -0.458 e. The molecule has 1 aromatic carbocycles. The number of pyridine rings is 2. The lowest BCUT2D eigenvalue weighted by molar-refractivity contribution is -0.384. The molecule has 3 aromatic rings. The largest absolute Gasteiger partial charge is 0.458 e. The van der Waals surface area contributed by atoms with E-state index in [4.69, 9.17) is 17.0 Å². The van der Waals surface area contributed by atoms with E-state index < -0.39 is 16.5 Å². The Morgan fingerprint density at radius 1 is 1.38 bits per heavy atom. The van der Waals surface area contributed by atoms with Crippen molar-refractivity contribution in [2.75, 3.05) is 0 Å². The van der Waals surface area contributed by atoms with E-state index in [9.17, 15) is 20.0 Å². The zero-order valence-electron chi connectivity index (χ0n) is 15.3. The fourth-order valence-electron chi connectivity index (χ4n) is 4.08. The van der Waals surface area contributed by atoms with Crippen molar-refractivity contribution < 1.29 is 19.6 Å². The molecule has 0 fully saturated rings. The highest BCUT2D eigenvalue weighted by molar-refractivity contribution is 7.71. The lowest BCUT2D eigenvalue weighted by atomic mass is 9.86. The first-order chi connectivity index (χ1) is 13.8. The Labute approximate surface area is 169 Å². The summed E-state index contributed by atoms with van der Waals surface area (Å²) in [5.41, 5.74) is 2.03. The van der Waals surface area contributed by atoms with E-state index in [1.54, 1.807) is 19.1 Å². The minimum atomic E-state index is -1.75. The Bertz CT molecular complexity index is 1320. The van der Waals surface area contributed by atoms with Crippen molar-refractivity contribution in [1.29, 1.82) is 0 Å². The van der Waals surface area contributed by atoms with Gasteiger partial charge in [0.05, 0.1) is 28.4 Å². The molecular weight excluding hydrogens is 394 g/mol. The van der Waals surface area contributed by atoms with Crippen molar-refractivity contribution in [2.24, 2.45) is 0 Å². The molecular formula is C20H15N3O5S. The molecule has 4 heterocycles. The van der Waals surface area contributed by atoms with E-state index in [0.717, 1.165) is 10.9 Å². The number of nitro benzene ring substituents is 1. The van der Waals surface area contributed by atoms with Crippen LogP contribution in [0.2, 0.25) is 0 Å². The van der Waals surface area contributed by atoms with Gasteiger partial charge in [-0.05, 0) is 24.6 Å². The third kappa shape index (κ3) is 2.37. The molecule has 0 bridgehead atoms. The maximum atomic E-state index is 12.3. The Kier molecular flexibility index (Phi) is 3.65. The molecule has 0 saturated carbocycles. The predicted octanol–water partition coefficient (Wildman–Crippen LogP) is 3.36. The van der Waals surface area contributed by atoms with E-state index in [-0.39, 0.29) is 18.7 Å². The molecule has 5 rings (SSSR count). The molecule has 0 saturated heterocycles. The molecule has 146 valence electrons. The molecule has 1 atom stereocenters. The van der Waals surface area contributed by atoms with Gasteiger partial charge in [-0.1, -0.05) is 19.1 Å². The number of aromatic nitrogens is 2. The van der Waals surface area contributed by atoms with Gasteiger partial charge < -0.3 is 14.4 Å². The Morgan fingerprint density at radius 2 is 2.17 bits per heavy atom. The van der Waals surface area contributed by atoms with Gasteiger partial charge in [0.2, 0.25) is 0 Å². The summed E-state index contributed by atoms with van der Waals surface area (Å²) in [5.74, 6) is -0.688. The van der Waals surface area contributed by atoms with Crippen LogP contribution in [0.3, 0.4) is 0 Å². The molecule has 0 unspecified atom stereocenters. The highest BCUT2D eigenvalue weighted by Crippen LogP contribution is 2.41. The quantitative estimate of drug-likeness (QED) is 0.234. The maximum absolute atomic E-state index is 12.3. The Morgan fingerprint density at radius 3 is 2.90 bits per heavy atom. The predicted molar refractivity (Wildman–Crippen MR) is 106 cm³/mol. The number of non-ortho nitro benzene ring substituents is 1. The Hall–Kier alpha value is -3.17. The minimum absolute atomic E-state index is 0.0214. The molecule has 0 aliphatic carbocycles. The lowest BCUT2D eigenvalue weighted by Crippen LogP contribution is -2.41. The summed E-state index contributed by atoms with van der Waals surface area (Å²) in [6.07, 6.45) is 0.154. The summed E-state index contributed by atoms with van der Waals surface area (Å²) in [6.45, 7) is 2.22. The first-order valence-corrected chi connectivity index (χ1v) is 9.49. The number of nitrogens with zero attached hydrogens (tertiary/aromatic N) is 3. The molecule has 2 aromatic heterocycles. The highest BCUT2D eigenvalue weighted by Gasteiger charge is 2.44. The molecule has 0 amide bonds. The average molecular weight is 409 g/mol. The number of ether oxygens (including phenoxy) is 1. The van der Waals surface area contributed by atoms with Crippen LogP contribution in [-0.2, 0) is 28.3 Å². The van der Waals surface area contributed by atoms with E-state index in [1.807, 2.05) is 10.6 Å². The first-order valence-electron chi connectivity index (χ1n) is 9.08. The first kappa shape index (κ1) is 17.9. The van der Waals surface area contributed by atoms with Crippen molar-refractivity contribution in [1.82, 2.24) is 9.55 Å². The zero-order valence-corrected chi connectivity index (χ0v) is 16.2.